The van der Waals surface area contributed by atoms with Crippen LogP contribution in [0.1, 0.15) is 26.2 Å². The molecule has 0 bridgehead atoms. The Kier molecular flexibility index (Phi) is 6.14. The molecule has 2 rings (SSSR count). The quantitative estimate of drug-likeness (QED) is 0.876. The molecule has 0 saturated carbocycles. The zero-order valence-corrected chi connectivity index (χ0v) is 13.0. The second-order valence-electron chi connectivity index (χ2n) is 5.53. The number of likely N-dealkylation sites (tertiary alicyclic amines) is 1. The molecule has 0 spiro atoms. The van der Waals surface area contributed by atoms with Crippen LogP contribution in [0.5, 0.6) is 5.75 Å². The molecular weight excluding hydrogens is 272 g/mol. The summed E-state index contributed by atoms with van der Waals surface area (Å²) in [5.74, 6) is 1.72. The average Bonchev–Trinajstić information content (AvgIpc) is 2.49. The Balaban J connectivity index is 1.76. The van der Waals surface area contributed by atoms with Crippen molar-refractivity contribution in [2.45, 2.75) is 32.2 Å². The lowest BCUT2D eigenvalue weighted by atomic mass is 9.89. The number of halogens is 1. The highest BCUT2D eigenvalue weighted by Crippen LogP contribution is 2.24. The smallest absolute Gasteiger partial charge is 0.119 e. The molecule has 20 heavy (non-hydrogen) atoms. The predicted octanol–water partition coefficient (Wildman–Crippen LogP) is 3.17. The summed E-state index contributed by atoms with van der Waals surface area (Å²) in [5.41, 5.74) is 5.91. The van der Waals surface area contributed by atoms with Crippen LogP contribution >= 0.6 is 11.6 Å². The minimum absolute atomic E-state index is 0.516. The fourth-order valence-corrected chi connectivity index (χ4v) is 3.03. The molecule has 1 aromatic carbocycles. The zero-order valence-electron chi connectivity index (χ0n) is 12.2. The van der Waals surface area contributed by atoms with Crippen LogP contribution in [0.3, 0.4) is 0 Å². The van der Waals surface area contributed by atoms with Gasteiger partial charge in [-0.2, -0.15) is 0 Å². The minimum Gasteiger partial charge on any atom is -0.492 e. The van der Waals surface area contributed by atoms with Crippen molar-refractivity contribution in [2.75, 3.05) is 26.2 Å². The van der Waals surface area contributed by atoms with Crippen LogP contribution in [0.4, 0.5) is 0 Å². The number of hydrogen-bond acceptors (Lipinski definition) is 3. The van der Waals surface area contributed by atoms with Gasteiger partial charge in [0.25, 0.3) is 0 Å². The van der Waals surface area contributed by atoms with Crippen LogP contribution < -0.4 is 10.5 Å². The normalized spacial score (nSPS) is 23.8. The Bertz CT molecular complexity index is 396. The minimum atomic E-state index is 0.516. The lowest BCUT2D eigenvalue weighted by Gasteiger charge is -2.38. The van der Waals surface area contributed by atoms with E-state index in [4.69, 9.17) is 22.1 Å². The predicted molar refractivity (Wildman–Crippen MR) is 84.4 cm³/mol. The Labute approximate surface area is 127 Å². The summed E-state index contributed by atoms with van der Waals surface area (Å²) in [7, 11) is 0. The first-order valence-electron chi connectivity index (χ1n) is 7.55. The van der Waals surface area contributed by atoms with Gasteiger partial charge in [-0.15, -0.1) is 0 Å². The highest BCUT2D eigenvalue weighted by atomic mass is 35.5. The molecule has 1 aromatic rings. The molecule has 2 unspecified atom stereocenters. The summed E-state index contributed by atoms with van der Waals surface area (Å²) in [6.45, 7) is 5.81. The number of ether oxygens (including phenoxy) is 1. The summed E-state index contributed by atoms with van der Waals surface area (Å²) >= 11 is 5.86. The molecular formula is C16H25ClN2O. The number of rotatable bonds is 6. The van der Waals surface area contributed by atoms with Gasteiger partial charge in [0.2, 0.25) is 0 Å². The van der Waals surface area contributed by atoms with Gasteiger partial charge < -0.3 is 10.5 Å². The third-order valence-electron chi connectivity index (χ3n) is 4.26. The van der Waals surface area contributed by atoms with E-state index < -0.39 is 0 Å². The average molecular weight is 297 g/mol. The molecule has 1 saturated heterocycles. The van der Waals surface area contributed by atoms with Crippen molar-refractivity contribution >= 4 is 11.6 Å². The second-order valence-corrected chi connectivity index (χ2v) is 5.96. The van der Waals surface area contributed by atoms with Crippen molar-refractivity contribution in [1.29, 1.82) is 0 Å². The summed E-state index contributed by atoms with van der Waals surface area (Å²) < 4.78 is 5.77. The molecule has 2 N–H and O–H groups in total. The van der Waals surface area contributed by atoms with Crippen molar-refractivity contribution in [3.63, 3.8) is 0 Å². The molecule has 1 fully saturated rings. The van der Waals surface area contributed by atoms with Gasteiger partial charge >= 0.3 is 0 Å². The maximum absolute atomic E-state index is 5.91. The monoisotopic (exact) mass is 296 g/mol. The van der Waals surface area contributed by atoms with E-state index in [2.05, 4.69) is 11.8 Å². The number of piperidine rings is 1. The third kappa shape index (κ3) is 4.37. The maximum atomic E-state index is 5.91. The largest absolute Gasteiger partial charge is 0.492 e. The molecule has 4 heteroatoms. The Morgan fingerprint density at radius 2 is 2.10 bits per heavy atom. The first-order chi connectivity index (χ1) is 9.72. The molecule has 2 atom stereocenters. The fourth-order valence-electron chi connectivity index (χ4n) is 2.90. The van der Waals surface area contributed by atoms with Gasteiger partial charge in [0.15, 0.2) is 0 Å². The Morgan fingerprint density at radius 1 is 1.35 bits per heavy atom. The van der Waals surface area contributed by atoms with E-state index in [0.717, 1.165) is 36.3 Å². The van der Waals surface area contributed by atoms with E-state index in [1.807, 2.05) is 24.3 Å². The van der Waals surface area contributed by atoms with Crippen LogP contribution in [0.15, 0.2) is 24.3 Å². The molecule has 0 radical (unpaired) electrons. The molecule has 0 amide bonds. The topological polar surface area (TPSA) is 38.5 Å². The lowest BCUT2D eigenvalue weighted by molar-refractivity contribution is 0.0970. The van der Waals surface area contributed by atoms with Crippen molar-refractivity contribution in [1.82, 2.24) is 4.90 Å². The van der Waals surface area contributed by atoms with Gasteiger partial charge in [-0.3, -0.25) is 4.90 Å². The molecule has 1 aliphatic rings. The lowest BCUT2D eigenvalue weighted by Crippen LogP contribution is -2.48. The summed E-state index contributed by atoms with van der Waals surface area (Å²) in [4.78, 5) is 2.47. The number of nitrogens with two attached hydrogens (primary N) is 1. The molecule has 0 aliphatic carbocycles. The summed E-state index contributed by atoms with van der Waals surface area (Å²) in [5, 5.41) is 0.738. The van der Waals surface area contributed by atoms with E-state index in [1.54, 1.807) is 0 Å². The van der Waals surface area contributed by atoms with Crippen LogP contribution in [-0.4, -0.2) is 37.2 Å². The van der Waals surface area contributed by atoms with Gasteiger partial charge in [-0.05, 0) is 49.6 Å². The van der Waals surface area contributed by atoms with Crippen molar-refractivity contribution in [3.05, 3.63) is 29.3 Å². The first kappa shape index (κ1) is 15.6. The van der Waals surface area contributed by atoms with Crippen molar-refractivity contribution < 1.29 is 4.74 Å². The van der Waals surface area contributed by atoms with Crippen LogP contribution in [0, 0.1) is 5.92 Å². The van der Waals surface area contributed by atoms with E-state index in [9.17, 15) is 0 Å². The number of benzene rings is 1. The van der Waals surface area contributed by atoms with E-state index in [-0.39, 0.29) is 0 Å². The van der Waals surface area contributed by atoms with Crippen LogP contribution in [-0.2, 0) is 0 Å². The molecule has 3 nitrogen and oxygen atoms in total. The third-order valence-corrected chi connectivity index (χ3v) is 4.51. The standard InChI is InChI=1S/C16H25ClN2O/c1-2-13-7-8-19(15(11-13)12-18)9-10-20-16-5-3-14(17)4-6-16/h3-6,13,15H,2,7-12,18H2,1H3. The van der Waals surface area contributed by atoms with E-state index in [0.29, 0.717) is 12.6 Å². The number of nitrogens with zero attached hydrogens (tertiary/aromatic N) is 1. The van der Waals surface area contributed by atoms with Gasteiger partial charge in [0, 0.05) is 24.2 Å². The van der Waals surface area contributed by atoms with E-state index >= 15 is 0 Å². The zero-order chi connectivity index (χ0) is 14.4. The van der Waals surface area contributed by atoms with Crippen LogP contribution in [0.25, 0.3) is 0 Å². The van der Waals surface area contributed by atoms with Crippen molar-refractivity contribution in [2.24, 2.45) is 11.7 Å². The summed E-state index contributed by atoms with van der Waals surface area (Å²) in [6.07, 6.45) is 3.79. The molecule has 112 valence electrons. The molecule has 0 aromatic heterocycles. The Morgan fingerprint density at radius 3 is 2.75 bits per heavy atom. The number of hydrogen-bond donors (Lipinski definition) is 1. The SMILES string of the molecule is CCC1CCN(CCOc2ccc(Cl)cc2)C(CN)C1. The maximum Gasteiger partial charge on any atom is 0.119 e. The van der Waals surface area contributed by atoms with Crippen LogP contribution in [0.2, 0.25) is 5.02 Å². The van der Waals surface area contributed by atoms with Gasteiger partial charge in [-0.1, -0.05) is 24.9 Å². The van der Waals surface area contributed by atoms with Crippen molar-refractivity contribution in [3.8, 4) is 5.75 Å². The van der Waals surface area contributed by atoms with Gasteiger partial charge in [-0.25, -0.2) is 0 Å². The fraction of sp³-hybridized carbons (Fsp3) is 0.625. The van der Waals surface area contributed by atoms with E-state index in [1.165, 1.54) is 19.3 Å². The van der Waals surface area contributed by atoms with Gasteiger partial charge in [0.05, 0.1) is 0 Å². The second kappa shape index (κ2) is 7.87. The molecule has 1 aliphatic heterocycles. The Hall–Kier alpha value is -0.770. The highest BCUT2D eigenvalue weighted by molar-refractivity contribution is 6.30. The van der Waals surface area contributed by atoms with Gasteiger partial charge in [0.1, 0.15) is 12.4 Å². The first-order valence-corrected chi connectivity index (χ1v) is 7.93. The summed E-state index contributed by atoms with van der Waals surface area (Å²) in [6, 6.07) is 8.04. The highest BCUT2D eigenvalue weighted by Gasteiger charge is 2.26. The molecule has 1 heterocycles.